The zero-order valence-electron chi connectivity index (χ0n) is 8.91. The predicted octanol–water partition coefficient (Wildman–Crippen LogP) is 1.61. The van der Waals surface area contributed by atoms with Crippen molar-refractivity contribution in [1.82, 2.24) is 4.57 Å². The standard InChI is InChI=1S/C10H12BrN3O/c1-5(2)8-9(11)14-7(15)4-6(3)12-10(14)13-8/h4-5,9H,1-3H3/p+1. The Kier molecular flexibility index (Phi) is 2.50. The van der Waals surface area contributed by atoms with Gasteiger partial charge in [-0.05, 0) is 22.9 Å². The second kappa shape index (κ2) is 3.56. The summed E-state index contributed by atoms with van der Waals surface area (Å²) >= 11 is 3.49. The van der Waals surface area contributed by atoms with Crippen LogP contribution in [0.1, 0.15) is 24.5 Å². The SMILES string of the molecule is Cc1cc(=O)n2c([nH+]1)N=C(C(C)C)C2Br. The molecule has 1 N–H and O–H groups in total. The van der Waals surface area contributed by atoms with E-state index >= 15 is 0 Å². The van der Waals surface area contributed by atoms with Gasteiger partial charge in [-0.3, -0.25) is 4.79 Å². The quantitative estimate of drug-likeness (QED) is 0.716. The van der Waals surface area contributed by atoms with E-state index in [1.165, 1.54) is 0 Å². The summed E-state index contributed by atoms with van der Waals surface area (Å²) in [6, 6.07) is 1.58. The number of rotatable bonds is 1. The lowest BCUT2D eigenvalue weighted by atomic mass is 10.1. The Morgan fingerprint density at radius 2 is 2.27 bits per heavy atom. The highest BCUT2D eigenvalue weighted by molar-refractivity contribution is 9.09. The average Bonchev–Trinajstić information content (AvgIpc) is 2.42. The van der Waals surface area contributed by atoms with Crippen molar-refractivity contribution in [2.45, 2.75) is 25.7 Å². The number of H-pyrrole nitrogens is 1. The minimum Gasteiger partial charge on any atom is -0.251 e. The van der Waals surface area contributed by atoms with E-state index in [4.69, 9.17) is 0 Å². The van der Waals surface area contributed by atoms with Gasteiger partial charge in [0.15, 0.2) is 4.95 Å². The van der Waals surface area contributed by atoms with Crippen LogP contribution in [0.25, 0.3) is 0 Å². The largest absolute Gasteiger partial charge is 0.400 e. The van der Waals surface area contributed by atoms with Gasteiger partial charge in [-0.15, -0.1) is 0 Å². The van der Waals surface area contributed by atoms with Gasteiger partial charge in [0.2, 0.25) is 0 Å². The summed E-state index contributed by atoms with van der Waals surface area (Å²) < 4.78 is 1.63. The third-order valence-electron chi connectivity index (χ3n) is 2.41. The first-order valence-corrected chi connectivity index (χ1v) is 5.80. The van der Waals surface area contributed by atoms with E-state index < -0.39 is 0 Å². The second-order valence-corrected chi connectivity index (χ2v) is 4.88. The van der Waals surface area contributed by atoms with Gasteiger partial charge in [-0.25, -0.2) is 4.98 Å². The predicted molar refractivity (Wildman–Crippen MR) is 61.9 cm³/mol. The highest BCUT2D eigenvalue weighted by atomic mass is 79.9. The number of halogens is 1. The van der Waals surface area contributed by atoms with Gasteiger partial charge in [0, 0.05) is 5.92 Å². The van der Waals surface area contributed by atoms with Gasteiger partial charge >= 0.3 is 11.5 Å². The molecular formula is C10H13BrN3O+. The molecule has 1 aromatic heterocycles. The molecule has 0 fully saturated rings. The molecule has 0 aromatic carbocycles. The molecule has 1 aromatic rings. The number of nitrogens with zero attached hydrogens (tertiary/aromatic N) is 2. The van der Waals surface area contributed by atoms with Crippen LogP contribution < -0.4 is 10.5 Å². The monoisotopic (exact) mass is 270 g/mol. The first-order valence-electron chi connectivity index (χ1n) is 4.88. The Bertz CT molecular complexity index is 490. The molecule has 0 bridgehead atoms. The lowest BCUT2D eigenvalue weighted by Gasteiger charge is -2.05. The Morgan fingerprint density at radius 3 is 2.87 bits per heavy atom. The van der Waals surface area contributed by atoms with E-state index in [0.717, 1.165) is 11.4 Å². The number of alkyl halides is 1. The van der Waals surface area contributed by atoms with Gasteiger partial charge in [-0.1, -0.05) is 18.8 Å². The molecule has 15 heavy (non-hydrogen) atoms. The number of aliphatic imine (C=N–C) groups is 1. The maximum atomic E-state index is 11.8. The molecule has 1 atom stereocenters. The summed E-state index contributed by atoms with van der Waals surface area (Å²) in [7, 11) is 0. The molecule has 0 spiro atoms. The zero-order chi connectivity index (χ0) is 11.2. The molecule has 0 radical (unpaired) electrons. The van der Waals surface area contributed by atoms with E-state index in [1.54, 1.807) is 10.6 Å². The molecule has 0 saturated heterocycles. The van der Waals surface area contributed by atoms with Gasteiger partial charge in [0.1, 0.15) is 5.71 Å². The number of aromatic nitrogens is 2. The number of aryl methyl sites for hydroxylation is 1. The van der Waals surface area contributed by atoms with E-state index in [-0.39, 0.29) is 10.5 Å². The summed E-state index contributed by atoms with van der Waals surface area (Å²) in [5.74, 6) is 0.952. The Balaban J connectivity index is 2.60. The number of aromatic amines is 1. The summed E-state index contributed by atoms with van der Waals surface area (Å²) in [5, 5.41) is 0. The van der Waals surface area contributed by atoms with Crippen LogP contribution in [0.15, 0.2) is 15.9 Å². The molecule has 4 nitrogen and oxygen atoms in total. The van der Waals surface area contributed by atoms with Crippen molar-refractivity contribution in [3.05, 3.63) is 22.1 Å². The van der Waals surface area contributed by atoms with Crippen LogP contribution in [-0.4, -0.2) is 10.3 Å². The van der Waals surface area contributed by atoms with Crippen molar-refractivity contribution in [3.63, 3.8) is 0 Å². The summed E-state index contributed by atoms with van der Waals surface area (Å²) in [6.07, 6.45) is 0. The van der Waals surface area contributed by atoms with Gasteiger partial charge in [-0.2, -0.15) is 4.57 Å². The third kappa shape index (κ3) is 1.65. The first-order chi connectivity index (χ1) is 7.00. The number of hydrogen-bond donors (Lipinski definition) is 0. The molecule has 1 unspecified atom stereocenters. The van der Waals surface area contributed by atoms with Crippen LogP contribution in [0.2, 0.25) is 0 Å². The number of hydrogen-bond acceptors (Lipinski definition) is 2. The lowest BCUT2D eigenvalue weighted by Crippen LogP contribution is -2.28. The van der Waals surface area contributed by atoms with Crippen molar-refractivity contribution >= 4 is 27.6 Å². The highest BCUT2D eigenvalue weighted by Gasteiger charge is 2.35. The summed E-state index contributed by atoms with van der Waals surface area (Å²) in [4.78, 5) is 19.2. The third-order valence-corrected chi connectivity index (χ3v) is 3.29. The molecule has 5 heteroatoms. The van der Waals surface area contributed by atoms with Crippen molar-refractivity contribution in [2.24, 2.45) is 10.9 Å². The minimum atomic E-state index is -0.114. The molecular weight excluding hydrogens is 258 g/mol. The maximum absolute atomic E-state index is 11.8. The van der Waals surface area contributed by atoms with Gasteiger partial charge < -0.3 is 0 Å². The molecule has 0 saturated carbocycles. The van der Waals surface area contributed by atoms with Crippen molar-refractivity contribution in [2.75, 3.05) is 0 Å². The smallest absolute Gasteiger partial charge is 0.251 e. The number of fused-ring (bicyclic) bond motifs is 1. The second-order valence-electron chi connectivity index (χ2n) is 4.01. The van der Waals surface area contributed by atoms with Crippen molar-refractivity contribution in [1.29, 1.82) is 0 Å². The van der Waals surface area contributed by atoms with Crippen LogP contribution in [-0.2, 0) is 0 Å². The summed E-state index contributed by atoms with van der Waals surface area (Å²) in [5.41, 5.74) is 1.79. The molecule has 0 aliphatic carbocycles. The molecule has 0 amide bonds. The van der Waals surface area contributed by atoms with Crippen molar-refractivity contribution in [3.8, 4) is 0 Å². The molecule has 80 valence electrons. The van der Waals surface area contributed by atoms with Crippen molar-refractivity contribution < 1.29 is 4.98 Å². The topological polar surface area (TPSA) is 48.5 Å². The molecule has 1 aliphatic rings. The normalized spacial score (nSPS) is 19.3. The molecule has 1 aliphatic heterocycles. The fraction of sp³-hybridized carbons (Fsp3) is 0.500. The summed E-state index contributed by atoms with van der Waals surface area (Å²) in [6.45, 7) is 5.99. The van der Waals surface area contributed by atoms with Crippen LogP contribution in [0, 0.1) is 12.8 Å². The van der Waals surface area contributed by atoms with Crippen LogP contribution in [0.4, 0.5) is 5.95 Å². The Hall–Kier alpha value is -0.970. The van der Waals surface area contributed by atoms with E-state index in [1.807, 2.05) is 6.92 Å². The van der Waals surface area contributed by atoms with Gasteiger partial charge in [0.05, 0.1) is 11.8 Å². The minimum absolute atomic E-state index is 0.0254. The van der Waals surface area contributed by atoms with Gasteiger partial charge in [0.25, 0.3) is 0 Å². The van der Waals surface area contributed by atoms with Crippen LogP contribution >= 0.6 is 15.9 Å². The first kappa shape index (κ1) is 10.5. The van der Waals surface area contributed by atoms with E-state index in [0.29, 0.717) is 11.9 Å². The Labute approximate surface area is 96.2 Å². The average molecular weight is 271 g/mol. The van der Waals surface area contributed by atoms with E-state index in [2.05, 4.69) is 39.8 Å². The molecule has 2 heterocycles. The molecule has 2 rings (SSSR count). The lowest BCUT2D eigenvalue weighted by molar-refractivity contribution is -0.378. The maximum Gasteiger partial charge on any atom is 0.400 e. The zero-order valence-corrected chi connectivity index (χ0v) is 10.5. The van der Waals surface area contributed by atoms with E-state index in [9.17, 15) is 4.79 Å². The highest BCUT2D eigenvalue weighted by Crippen LogP contribution is 2.30. The Morgan fingerprint density at radius 1 is 1.60 bits per heavy atom. The fourth-order valence-electron chi connectivity index (χ4n) is 1.64. The fourth-order valence-corrected chi connectivity index (χ4v) is 2.67. The number of nitrogens with one attached hydrogen (secondary N) is 1. The van der Waals surface area contributed by atoms with Crippen LogP contribution in [0.5, 0.6) is 0 Å². The van der Waals surface area contributed by atoms with Crippen LogP contribution in [0.3, 0.4) is 0 Å².